The Morgan fingerprint density at radius 3 is 2.47 bits per heavy atom. The summed E-state index contributed by atoms with van der Waals surface area (Å²) in [4.78, 5) is 0. The van der Waals surface area contributed by atoms with Crippen molar-refractivity contribution < 1.29 is 9.47 Å². The van der Waals surface area contributed by atoms with Gasteiger partial charge in [0.15, 0.2) is 5.79 Å². The molecule has 1 aromatic carbocycles. The van der Waals surface area contributed by atoms with Gasteiger partial charge in [0.25, 0.3) is 0 Å². The molecule has 2 rings (SSSR count). The minimum atomic E-state index is -0.490. The van der Waals surface area contributed by atoms with Crippen LogP contribution >= 0.6 is 0 Å². The number of hydrogen-bond acceptors (Lipinski definition) is 2. The molecule has 1 saturated heterocycles. The summed E-state index contributed by atoms with van der Waals surface area (Å²) in [6, 6.07) is 6.43. The van der Waals surface area contributed by atoms with Crippen LogP contribution in [0.25, 0.3) is 0 Å². The van der Waals surface area contributed by atoms with E-state index in [2.05, 4.69) is 39.0 Å². The lowest BCUT2D eigenvalue weighted by Gasteiger charge is -2.28. The van der Waals surface area contributed by atoms with Gasteiger partial charge in [0.2, 0.25) is 0 Å². The van der Waals surface area contributed by atoms with Gasteiger partial charge in [0.05, 0.1) is 13.2 Å². The molecular formula is C13H18O2. The normalized spacial score (nSPS) is 19.4. The molecule has 0 aliphatic carbocycles. The second-order valence-electron chi connectivity index (χ2n) is 4.12. The second-order valence-corrected chi connectivity index (χ2v) is 4.12. The fourth-order valence-electron chi connectivity index (χ4n) is 2.15. The summed E-state index contributed by atoms with van der Waals surface area (Å²) in [6.45, 7) is 7.70. The van der Waals surface area contributed by atoms with Gasteiger partial charge in [-0.05, 0) is 19.4 Å². The van der Waals surface area contributed by atoms with Crippen molar-refractivity contribution in [1.29, 1.82) is 0 Å². The van der Waals surface area contributed by atoms with Crippen LogP contribution in [0.4, 0.5) is 0 Å². The molecule has 0 radical (unpaired) electrons. The van der Waals surface area contributed by atoms with Crippen LogP contribution in [-0.4, -0.2) is 13.2 Å². The molecule has 0 bridgehead atoms. The van der Waals surface area contributed by atoms with Crippen LogP contribution < -0.4 is 0 Å². The molecule has 0 saturated carbocycles. The van der Waals surface area contributed by atoms with Crippen molar-refractivity contribution in [2.75, 3.05) is 13.2 Å². The lowest BCUT2D eigenvalue weighted by Crippen LogP contribution is -2.27. The summed E-state index contributed by atoms with van der Waals surface area (Å²) in [5, 5.41) is 0. The third-order valence-electron chi connectivity index (χ3n) is 3.02. The lowest BCUT2D eigenvalue weighted by atomic mass is 9.96. The van der Waals surface area contributed by atoms with Crippen molar-refractivity contribution in [3.8, 4) is 0 Å². The average Bonchev–Trinajstić information content (AvgIpc) is 2.71. The Balaban J connectivity index is 2.46. The molecule has 1 aliphatic rings. The highest BCUT2D eigenvalue weighted by atomic mass is 16.7. The third-order valence-corrected chi connectivity index (χ3v) is 3.02. The zero-order valence-corrected chi connectivity index (χ0v) is 9.67. The summed E-state index contributed by atoms with van der Waals surface area (Å²) < 4.78 is 11.6. The molecule has 1 aliphatic heterocycles. The Labute approximate surface area is 91.2 Å². The Bertz CT molecular complexity index is 352. The van der Waals surface area contributed by atoms with Crippen LogP contribution in [0.1, 0.15) is 30.0 Å². The Morgan fingerprint density at radius 2 is 1.87 bits per heavy atom. The molecule has 0 unspecified atom stereocenters. The Morgan fingerprint density at radius 1 is 1.20 bits per heavy atom. The van der Waals surface area contributed by atoms with E-state index >= 15 is 0 Å². The topological polar surface area (TPSA) is 18.5 Å². The minimum Gasteiger partial charge on any atom is -0.343 e. The molecule has 2 nitrogen and oxygen atoms in total. The van der Waals surface area contributed by atoms with E-state index < -0.39 is 5.79 Å². The van der Waals surface area contributed by atoms with Gasteiger partial charge in [0, 0.05) is 12.0 Å². The van der Waals surface area contributed by atoms with E-state index in [-0.39, 0.29) is 0 Å². The first kappa shape index (κ1) is 10.7. The minimum absolute atomic E-state index is 0.490. The quantitative estimate of drug-likeness (QED) is 0.740. The maximum atomic E-state index is 5.79. The zero-order chi connectivity index (χ0) is 10.9. The SMILES string of the molecule is CCC1(c2cc(C)ccc2C)OCCO1. The summed E-state index contributed by atoms with van der Waals surface area (Å²) in [5.74, 6) is -0.490. The summed E-state index contributed by atoms with van der Waals surface area (Å²) in [7, 11) is 0. The van der Waals surface area contributed by atoms with Crippen molar-refractivity contribution in [1.82, 2.24) is 0 Å². The number of rotatable bonds is 2. The van der Waals surface area contributed by atoms with Gasteiger partial charge in [-0.3, -0.25) is 0 Å². The fourth-order valence-corrected chi connectivity index (χ4v) is 2.15. The van der Waals surface area contributed by atoms with Gasteiger partial charge in [0.1, 0.15) is 0 Å². The fraction of sp³-hybridized carbons (Fsp3) is 0.538. The van der Waals surface area contributed by atoms with E-state index in [0.29, 0.717) is 13.2 Å². The van der Waals surface area contributed by atoms with Crippen molar-refractivity contribution in [3.05, 3.63) is 34.9 Å². The number of aryl methyl sites for hydroxylation is 2. The van der Waals surface area contributed by atoms with E-state index in [4.69, 9.17) is 9.47 Å². The van der Waals surface area contributed by atoms with E-state index in [1.54, 1.807) is 0 Å². The van der Waals surface area contributed by atoms with Crippen LogP contribution in [0.15, 0.2) is 18.2 Å². The largest absolute Gasteiger partial charge is 0.343 e. The number of benzene rings is 1. The number of ether oxygens (including phenoxy) is 2. The van der Waals surface area contributed by atoms with Gasteiger partial charge >= 0.3 is 0 Å². The first-order valence-corrected chi connectivity index (χ1v) is 5.53. The van der Waals surface area contributed by atoms with E-state index in [1.165, 1.54) is 16.7 Å². The highest BCUT2D eigenvalue weighted by molar-refractivity contribution is 5.34. The summed E-state index contributed by atoms with van der Waals surface area (Å²) in [6.07, 6.45) is 0.858. The van der Waals surface area contributed by atoms with E-state index in [9.17, 15) is 0 Å². The first-order valence-electron chi connectivity index (χ1n) is 5.53. The summed E-state index contributed by atoms with van der Waals surface area (Å²) in [5.41, 5.74) is 3.68. The third kappa shape index (κ3) is 1.80. The summed E-state index contributed by atoms with van der Waals surface area (Å²) >= 11 is 0. The van der Waals surface area contributed by atoms with Crippen molar-refractivity contribution in [2.24, 2.45) is 0 Å². The van der Waals surface area contributed by atoms with Crippen LogP contribution in [0.3, 0.4) is 0 Å². The van der Waals surface area contributed by atoms with Gasteiger partial charge in [-0.25, -0.2) is 0 Å². The molecule has 0 atom stereocenters. The number of hydrogen-bond donors (Lipinski definition) is 0. The smallest absolute Gasteiger partial charge is 0.194 e. The van der Waals surface area contributed by atoms with Crippen LogP contribution in [0.5, 0.6) is 0 Å². The zero-order valence-electron chi connectivity index (χ0n) is 9.67. The predicted octanol–water partition coefficient (Wildman–Crippen LogP) is 2.91. The lowest BCUT2D eigenvalue weighted by molar-refractivity contribution is -0.168. The molecule has 15 heavy (non-hydrogen) atoms. The molecule has 1 heterocycles. The maximum Gasteiger partial charge on any atom is 0.194 e. The molecular weight excluding hydrogens is 188 g/mol. The Kier molecular flexibility index (Phi) is 2.81. The van der Waals surface area contributed by atoms with Gasteiger partial charge in [-0.2, -0.15) is 0 Å². The average molecular weight is 206 g/mol. The molecule has 1 fully saturated rings. The first-order chi connectivity index (χ1) is 7.18. The maximum absolute atomic E-state index is 5.79. The predicted molar refractivity (Wildman–Crippen MR) is 59.8 cm³/mol. The second kappa shape index (κ2) is 3.95. The molecule has 0 N–H and O–H groups in total. The van der Waals surface area contributed by atoms with Crippen molar-refractivity contribution in [3.63, 3.8) is 0 Å². The Hall–Kier alpha value is -0.860. The molecule has 1 aromatic rings. The standard InChI is InChI=1S/C13H18O2/c1-4-13(14-7-8-15-13)12-9-10(2)5-6-11(12)3/h5-6,9H,4,7-8H2,1-3H3. The van der Waals surface area contributed by atoms with Crippen LogP contribution in [0, 0.1) is 13.8 Å². The molecule has 2 heteroatoms. The monoisotopic (exact) mass is 206 g/mol. The van der Waals surface area contributed by atoms with Gasteiger partial charge in [-0.15, -0.1) is 0 Å². The highest BCUT2D eigenvalue weighted by Crippen LogP contribution is 2.36. The van der Waals surface area contributed by atoms with Crippen molar-refractivity contribution >= 4 is 0 Å². The van der Waals surface area contributed by atoms with Crippen LogP contribution in [0.2, 0.25) is 0 Å². The molecule has 82 valence electrons. The molecule has 0 aromatic heterocycles. The molecule has 0 spiro atoms. The highest BCUT2D eigenvalue weighted by Gasteiger charge is 2.37. The van der Waals surface area contributed by atoms with Gasteiger partial charge < -0.3 is 9.47 Å². The molecule has 0 amide bonds. The van der Waals surface area contributed by atoms with Gasteiger partial charge in [-0.1, -0.05) is 30.7 Å². The van der Waals surface area contributed by atoms with Crippen molar-refractivity contribution in [2.45, 2.75) is 33.0 Å². The van der Waals surface area contributed by atoms with E-state index in [0.717, 1.165) is 6.42 Å². The van der Waals surface area contributed by atoms with E-state index in [1.807, 2.05) is 0 Å². The van der Waals surface area contributed by atoms with Crippen LogP contribution in [-0.2, 0) is 15.3 Å².